The van der Waals surface area contributed by atoms with Gasteiger partial charge in [-0.2, -0.15) is 0 Å². The summed E-state index contributed by atoms with van der Waals surface area (Å²) in [5.41, 5.74) is 4.37. The van der Waals surface area contributed by atoms with Gasteiger partial charge in [0.2, 0.25) is 0 Å². The van der Waals surface area contributed by atoms with Gasteiger partial charge in [0.15, 0.2) is 0 Å². The van der Waals surface area contributed by atoms with Gasteiger partial charge in [-0.25, -0.2) is 4.98 Å². The summed E-state index contributed by atoms with van der Waals surface area (Å²) in [4.78, 5) is 9.10. The van der Waals surface area contributed by atoms with Crippen LogP contribution >= 0.6 is 0 Å². The molecule has 0 radical (unpaired) electrons. The molecule has 2 nitrogen and oxygen atoms in total. The van der Waals surface area contributed by atoms with Crippen LogP contribution in [0.2, 0.25) is 0 Å². The Morgan fingerprint density at radius 2 is 1.69 bits per heavy atom. The molecule has 0 aliphatic carbocycles. The van der Waals surface area contributed by atoms with Crippen molar-refractivity contribution < 1.29 is 0 Å². The van der Waals surface area contributed by atoms with Crippen LogP contribution in [0.1, 0.15) is 50.8 Å². The molecule has 0 saturated carbocycles. The van der Waals surface area contributed by atoms with Crippen molar-refractivity contribution >= 4 is 11.0 Å². The minimum absolute atomic E-state index is 0.432. The van der Waals surface area contributed by atoms with Gasteiger partial charge in [0.05, 0.1) is 16.7 Å². The van der Waals surface area contributed by atoms with E-state index < -0.39 is 0 Å². The first-order chi connectivity index (χ1) is 7.58. The van der Waals surface area contributed by atoms with Gasteiger partial charge in [-0.15, -0.1) is 0 Å². The first-order valence-electron chi connectivity index (χ1n) is 5.84. The minimum Gasteiger partial charge on any atom is -0.253 e. The van der Waals surface area contributed by atoms with Gasteiger partial charge in [0, 0.05) is 6.20 Å². The van der Waals surface area contributed by atoms with Gasteiger partial charge < -0.3 is 0 Å². The third-order valence-electron chi connectivity index (χ3n) is 2.84. The van der Waals surface area contributed by atoms with Gasteiger partial charge in [-0.1, -0.05) is 33.8 Å². The smallest absolute Gasteiger partial charge is 0.0890 e. The predicted molar refractivity (Wildman–Crippen MR) is 67.7 cm³/mol. The molecule has 0 fully saturated rings. The molecular weight excluding hydrogens is 196 g/mol. The topological polar surface area (TPSA) is 25.8 Å². The van der Waals surface area contributed by atoms with E-state index in [1.807, 2.05) is 6.20 Å². The third kappa shape index (κ3) is 2.06. The average molecular weight is 214 g/mol. The van der Waals surface area contributed by atoms with Crippen molar-refractivity contribution in [2.24, 2.45) is 0 Å². The van der Waals surface area contributed by atoms with E-state index >= 15 is 0 Å². The van der Waals surface area contributed by atoms with Gasteiger partial charge in [0.1, 0.15) is 0 Å². The van der Waals surface area contributed by atoms with E-state index in [-0.39, 0.29) is 0 Å². The maximum atomic E-state index is 4.61. The Labute approximate surface area is 96.7 Å². The molecule has 2 rings (SSSR count). The van der Waals surface area contributed by atoms with Crippen LogP contribution in [-0.2, 0) is 0 Å². The second kappa shape index (κ2) is 4.20. The SMILES string of the molecule is CC(C)c1ccc2nc(C(C)C)cnc2c1. The molecule has 0 aliphatic rings. The first kappa shape index (κ1) is 11.1. The maximum Gasteiger partial charge on any atom is 0.0890 e. The van der Waals surface area contributed by atoms with Crippen molar-refractivity contribution in [2.75, 3.05) is 0 Å². The summed E-state index contributed by atoms with van der Waals surface area (Å²) in [6.45, 7) is 8.66. The third-order valence-corrected chi connectivity index (χ3v) is 2.84. The molecule has 1 heterocycles. The van der Waals surface area contributed by atoms with Crippen LogP contribution in [0.3, 0.4) is 0 Å². The lowest BCUT2D eigenvalue weighted by Crippen LogP contribution is -1.96. The summed E-state index contributed by atoms with van der Waals surface area (Å²) >= 11 is 0. The summed E-state index contributed by atoms with van der Waals surface area (Å²) in [6, 6.07) is 6.35. The number of rotatable bonds is 2. The summed E-state index contributed by atoms with van der Waals surface area (Å²) in [7, 11) is 0. The monoisotopic (exact) mass is 214 g/mol. The number of hydrogen-bond acceptors (Lipinski definition) is 2. The maximum absolute atomic E-state index is 4.61. The lowest BCUT2D eigenvalue weighted by atomic mass is 10.0. The Hall–Kier alpha value is -1.44. The van der Waals surface area contributed by atoms with E-state index in [1.54, 1.807) is 0 Å². The Bertz CT molecular complexity index is 454. The largest absolute Gasteiger partial charge is 0.253 e. The zero-order valence-corrected chi connectivity index (χ0v) is 10.4. The van der Waals surface area contributed by atoms with E-state index in [4.69, 9.17) is 0 Å². The Morgan fingerprint density at radius 3 is 2.31 bits per heavy atom. The molecular formula is C14H18N2. The second-order valence-corrected chi connectivity index (χ2v) is 4.85. The predicted octanol–water partition coefficient (Wildman–Crippen LogP) is 3.88. The molecule has 0 N–H and O–H groups in total. The van der Waals surface area contributed by atoms with Crippen molar-refractivity contribution in [3.63, 3.8) is 0 Å². The standard InChI is InChI=1S/C14H18N2/c1-9(2)11-5-6-12-13(7-11)15-8-14(16-12)10(3)4/h5-10H,1-4H3. The van der Waals surface area contributed by atoms with Crippen LogP contribution in [0.25, 0.3) is 11.0 Å². The van der Waals surface area contributed by atoms with Gasteiger partial charge in [0.25, 0.3) is 0 Å². The lowest BCUT2D eigenvalue weighted by Gasteiger charge is -2.08. The van der Waals surface area contributed by atoms with Crippen molar-refractivity contribution in [1.82, 2.24) is 9.97 Å². The fourth-order valence-electron chi connectivity index (χ4n) is 1.68. The minimum atomic E-state index is 0.432. The number of fused-ring (bicyclic) bond motifs is 1. The zero-order chi connectivity index (χ0) is 11.7. The second-order valence-electron chi connectivity index (χ2n) is 4.85. The van der Waals surface area contributed by atoms with Gasteiger partial charge in [-0.3, -0.25) is 4.98 Å². The highest BCUT2D eigenvalue weighted by Gasteiger charge is 2.05. The van der Waals surface area contributed by atoms with Crippen LogP contribution in [0.5, 0.6) is 0 Å². The van der Waals surface area contributed by atoms with Crippen molar-refractivity contribution in [3.8, 4) is 0 Å². The van der Waals surface area contributed by atoms with Crippen LogP contribution in [0.15, 0.2) is 24.4 Å². The Kier molecular flexibility index (Phi) is 2.90. The molecule has 0 atom stereocenters. The molecule has 2 aromatic rings. The summed E-state index contributed by atoms with van der Waals surface area (Å²) in [5.74, 6) is 0.970. The molecule has 1 aromatic carbocycles. The lowest BCUT2D eigenvalue weighted by molar-refractivity contribution is 0.821. The van der Waals surface area contributed by atoms with Crippen molar-refractivity contribution in [2.45, 2.75) is 39.5 Å². The first-order valence-corrected chi connectivity index (χ1v) is 5.84. The van der Waals surface area contributed by atoms with Crippen molar-refractivity contribution in [3.05, 3.63) is 35.7 Å². The van der Waals surface area contributed by atoms with Gasteiger partial charge >= 0.3 is 0 Å². The highest BCUT2D eigenvalue weighted by atomic mass is 14.8. The molecule has 0 saturated heterocycles. The van der Waals surface area contributed by atoms with E-state index in [1.165, 1.54) is 5.56 Å². The van der Waals surface area contributed by atoms with Gasteiger partial charge in [-0.05, 0) is 29.5 Å². The molecule has 16 heavy (non-hydrogen) atoms. The number of nitrogens with zero attached hydrogens (tertiary/aromatic N) is 2. The normalized spacial score (nSPS) is 11.6. The van der Waals surface area contributed by atoms with Crippen LogP contribution < -0.4 is 0 Å². The Balaban J connectivity index is 2.53. The molecule has 1 aromatic heterocycles. The number of hydrogen-bond donors (Lipinski definition) is 0. The molecule has 0 amide bonds. The van der Waals surface area contributed by atoms with Crippen molar-refractivity contribution in [1.29, 1.82) is 0 Å². The van der Waals surface area contributed by atoms with E-state index in [0.717, 1.165) is 16.7 Å². The molecule has 0 unspecified atom stereocenters. The van der Waals surface area contributed by atoms with Crippen LogP contribution in [0.4, 0.5) is 0 Å². The molecule has 2 heteroatoms. The number of benzene rings is 1. The quantitative estimate of drug-likeness (QED) is 0.758. The summed E-state index contributed by atoms with van der Waals surface area (Å²) in [5, 5.41) is 0. The average Bonchev–Trinajstić information content (AvgIpc) is 2.27. The summed E-state index contributed by atoms with van der Waals surface area (Å²) < 4.78 is 0. The zero-order valence-electron chi connectivity index (χ0n) is 10.4. The fraction of sp³-hybridized carbons (Fsp3) is 0.429. The van der Waals surface area contributed by atoms with E-state index in [9.17, 15) is 0 Å². The fourth-order valence-corrected chi connectivity index (χ4v) is 1.68. The van der Waals surface area contributed by atoms with E-state index in [0.29, 0.717) is 11.8 Å². The summed E-state index contributed by atoms with van der Waals surface area (Å²) in [6.07, 6.45) is 1.89. The Morgan fingerprint density at radius 1 is 0.938 bits per heavy atom. The molecule has 84 valence electrons. The van der Waals surface area contributed by atoms with Crippen LogP contribution in [0, 0.1) is 0 Å². The highest BCUT2D eigenvalue weighted by molar-refractivity contribution is 5.75. The van der Waals surface area contributed by atoms with Crippen LogP contribution in [-0.4, -0.2) is 9.97 Å². The highest BCUT2D eigenvalue weighted by Crippen LogP contribution is 2.20. The molecule has 0 spiro atoms. The number of aromatic nitrogens is 2. The molecule has 0 bridgehead atoms. The molecule has 0 aliphatic heterocycles. The van der Waals surface area contributed by atoms with E-state index in [2.05, 4.69) is 55.9 Å².